The molecule has 0 aliphatic carbocycles. The Hall–Kier alpha value is -1.16. The molecule has 2 rings (SSSR count). The molecule has 0 aromatic heterocycles. The van der Waals surface area contributed by atoms with Gasteiger partial charge in [-0.25, -0.2) is 0 Å². The number of carbonyl (C=O) groups excluding carboxylic acids is 1. The molecule has 0 saturated carbocycles. The van der Waals surface area contributed by atoms with Crippen LogP contribution in [0.15, 0.2) is 42.5 Å². The van der Waals surface area contributed by atoms with Crippen LogP contribution in [0.1, 0.15) is 23.1 Å². The number of hydrogen-bond donors (Lipinski definition) is 1. The van der Waals surface area contributed by atoms with Crippen LogP contribution in [0.4, 0.5) is 0 Å². The highest BCUT2D eigenvalue weighted by Gasteiger charge is 2.05. The van der Waals surface area contributed by atoms with Gasteiger partial charge in [0.1, 0.15) is 0 Å². The lowest BCUT2D eigenvalue weighted by atomic mass is 10.1. The maximum atomic E-state index is 11.9. The molecule has 5 heteroatoms. The van der Waals surface area contributed by atoms with Crippen molar-refractivity contribution in [2.75, 3.05) is 12.3 Å². The average molecular weight is 382 g/mol. The molecule has 128 valence electrons. The molecule has 0 aliphatic heterocycles. The predicted octanol–water partition coefficient (Wildman–Crippen LogP) is 5.28. The Kier molecular flexibility index (Phi) is 7.97. The van der Waals surface area contributed by atoms with Gasteiger partial charge in [-0.2, -0.15) is 0 Å². The highest BCUT2D eigenvalue weighted by atomic mass is 35.5. The van der Waals surface area contributed by atoms with Crippen LogP contribution in [0.5, 0.6) is 0 Å². The number of halogens is 2. The summed E-state index contributed by atoms with van der Waals surface area (Å²) in [5.41, 5.74) is 3.59. The molecule has 2 nitrogen and oxygen atoms in total. The van der Waals surface area contributed by atoms with Crippen molar-refractivity contribution in [1.29, 1.82) is 0 Å². The zero-order chi connectivity index (χ0) is 17.4. The Morgan fingerprint density at radius 2 is 2.00 bits per heavy atom. The zero-order valence-corrected chi connectivity index (χ0v) is 16.0. The van der Waals surface area contributed by atoms with E-state index in [1.165, 1.54) is 11.1 Å². The SMILES string of the molecule is Cc1cccc(CCCNC(=O)CSCc2ccc(Cl)cc2Cl)c1. The third kappa shape index (κ3) is 6.76. The van der Waals surface area contributed by atoms with Gasteiger partial charge in [-0.1, -0.05) is 59.1 Å². The van der Waals surface area contributed by atoms with E-state index < -0.39 is 0 Å². The number of carbonyl (C=O) groups is 1. The molecule has 0 heterocycles. The van der Waals surface area contributed by atoms with Gasteiger partial charge in [-0.05, 0) is 43.0 Å². The van der Waals surface area contributed by atoms with E-state index in [1.807, 2.05) is 12.1 Å². The summed E-state index contributed by atoms with van der Waals surface area (Å²) in [5.74, 6) is 1.20. The first-order chi connectivity index (χ1) is 11.5. The maximum Gasteiger partial charge on any atom is 0.230 e. The van der Waals surface area contributed by atoms with E-state index in [9.17, 15) is 4.79 Å². The molecule has 2 aromatic carbocycles. The summed E-state index contributed by atoms with van der Waals surface area (Å²) in [4.78, 5) is 11.9. The van der Waals surface area contributed by atoms with Crippen LogP contribution < -0.4 is 5.32 Å². The number of benzene rings is 2. The lowest BCUT2D eigenvalue weighted by Crippen LogP contribution is -2.26. The summed E-state index contributed by atoms with van der Waals surface area (Å²) in [6.45, 7) is 2.80. The average Bonchev–Trinajstić information content (AvgIpc) is 2.54. The van der Waals surface area contributed by atoms with Crippen molar-refractivity contribution in [3.8, 4) is 0 Å². The third-order valence-electron chi connectivity index (χ3n) is 3.55. The number of amides is 1. The van der Waals surface area contributed by atoms with Gasteiger partial charge < -0.3 is 5.32 Å². The summed E-state index contributed by atoms with van der Waals surface area (Å²) in [7, 11) is 0. The second-order valence-corrected chi connectivity index (χ2v) is 7.50. The van der Waals surface area contributed by atoms with Crippen LogP contribution in [0.3, 0.4) is 0 Å². The Bertz CT molecular complexity index is 691. The van der Waals surface area contributed by atoms with Gasteiger partial charge in [0.2, 0.25) is 5.91 Å². The number of hydrogen-bond acceptors (Lipinski definition) is 2. The molecule has 0 unspecified atom stereocenters. The molecule has 0 bridgehead atoms. The monoisotopic (exact) mass is 381 g/mol. The van der Waals surface area contributed by atoms with Crippen molar-refractivity contribution < 1.29 is 4.79 Å². The topological polar surface area (TPSA) is 29.1 Å². The largest absolute Gasteiger partial charge is 0.355 e. The van der Waals surface area contributed by atoms with Crippen molar-refractivity contribution in [3.05, 3.63) is 69.2 Å². The summed E-state index contributed by atoms with van der Waals surface area (Å²) < 4.78 is 0. The number of aryl methyl sites for hydroxylation is 2. The van der Waals surface area contributed by atoms with Crippen LogP contribution in [0.25, 0.3) is 0 Å². The van der Waals surface area contributed by atoms with Gasteiger partial charge in [0.15, 0.2) is 0 Å². The molecule has 0 spiro atoms. The first kappa shape index (κ1) is 19.2. The lowest BCUT2D eigenvalue weighted by molar-refractivity contribution is -0.118. The summed E-state index contributed by atoms with van der Waals surface area (Å²) in [6.07, 6.45) is 1.93. The van der Waals surface area contributed by atoms with Gasteiger partial charge in [0.05, 0.1) is 5.75 Å². The minimum absolute atomic E-state index is 0.0642. The molecule has 0 aliphatic rings. The van der Waals surface area contributed by atoms with E-state index in [2.05, 4.69) is 36.5 Å². The van der Waals surface area contributed by atoms with Crippen molar-refractivity contribution in [2.24, 2.45) is 0 Å². The highest BCUT2D eigenvalue weighted by Crippen LogP contribution is 2.24. The highest BCUT2D eigenvalue weighted by molar-refractivity contribution is 7.99. The van der Waals surface area contributed by atoms with Crippen LogP contribution in [0, 0.1) is 6.92 Å². The molecule has 2 aromatic rings. The minimum atomic E-state index is 0.0642. The molecule has 1 N–H and O–H groups in total. The second-order valence-electron chi connectivity index (χ2n) is 5.67. The van der Waals surface area contributed by atoms with Crippen molar-refractivity contribution in [3.63, 3.8) is 0 Å². The van der Waals surface area contributed by atoms with Gasteiger partial charge >= 0.3 is 0 Å². The summed E-state index contributed by atoms with van der Waals surface area (Å²) in [6, 6.07) is 13.9. The molecule has 1 amide bonds. The van der Waals surface area contributed by atoms with Crippen molar-refractivity contribution >= 4 is 40.9 Å². The predicted molar refractivity (Wildman–Crippen MR) is 105 cm³/mol. The fourth-order valence-corrected chi connectivity index (χ4v) is 3.75. The van der Waals surface area contributed by atoms with E-state index in [4.69, 9.17) is 23.2 Å². The lowest BCUT2D eigenvalue weighted by Gasteiger charge is -2.07. The zero-order valence-electron chi connectivity index (χ0n) is 13.6. The Morgan fingerprint density at radius 3 is 2.75 bits per heavy atom. The number of nitrogens with one attached hydrogen (secondary N) is 1. The molecular weight excluding hydrogens is 361 g/mol. The Labute approximate surface area is 157 Å². The quantitative estimate of drug-likeness (QED) is 0.629. The molecule has 0 saturated heterocycles. The van der Waals surface area contributed by atoms with Crippen molar-refractivity contribution in [1.82, 2.24) is 5.32 Å². The van der Waals surface area contributed by atoms with Crippen LogP contribution in [0.2, 0.25) is 10.0 Å². The number of rotatable bonds is 8. The van der Waals surface area contributed by atoms with Gasteiger partial charge in [-0.3, -0.25) is 4.79 Å². The van der Waals surface area contributed by atoms with Crippen LogP contribution in [-0.2, 0) is 17.0 Å². The Balaban J connectivity index is 1.61. The fraction of sp³-hybridized carbons (Fsp3) is 0.316. The molecular formula is C19H21Cl2NOS. The smallest absolute Gasteiger partial charge is 0.230 e. The summed E-state index contributed by atoms with van der Waals surface area (Å²) in [5, 5.41) is 4.24. The van der Waals surface area contributed by atoms with Gasteiger partial charge in [0, 0.05) is 22.3 Å². The van der Waals surface area contributed by atoms with Gasteiger partial charge in [-0.15, -0.1) is 11.8 Å². The van der Waals surface area contributed by atoms with Crippen molar-refractivity contribution in [2.45, 2.75) is 25.5 Å². The first-order valence-electron chi connectivity index (χ1n) is 7.88. The van der Waals surface area contributed by atoms with Crippen LogP contribution in [-0.4, -0.2) is 18.2 Å². The van der Waals surface area contributed by atoms with E-state index in [0.717, 1.165) is 18.4 Å². The maximum absolute atomic E-state index is 11.9. The fourth-order valence-electron chi connectivity index (χ4n) is 2.33. The Morgan fingerprint density at radius 1 is 1.17 bits per heavy atom. The second kappa shape index (κ2) is 9.97. The summed E-state index contributed by atoms with van der Waals surface area (Å²) >= 11 is 13.5. The van der Waals surface area contributed by atoms with Crippen LogP contribution >= 0.6 is 35.0 Å². The van der Waals surface area contributed by atoms with Gasteiger partial charge in [0.25, 0.3) is 0 Å². The number of thioether (sulfide) groups is 1. The molecule has 0 radical (unpaired) electrons. The molecule has 24 heavy (non-hydrogen) atoms. The van der Waals surface area contributed by atoms with E-state index in [1.54, 1.807) is 17.8 Å². The molecule has 0 fully saturated rings. The first-order valence-corrected chi connectivity index (χ1v) is 9.79. The van der Waals surface area contributed by atoms with E-state index in [-0.39, 0.29) is 5.91 Å². The van der Waals surface area contributed by atoms with E-state index in [0.29, 0.717) is 28.1 Å². The normalized spacial score (nSPS) is 10.6. The van der Waals surface area contributed by atoms with E-state index >= 15 is 0 Å². The standard InChI is InChI=1S/C19H21Cl2NOS/c1-14-4-2-5-15(10-14)6-3-9-22-19(23)13-24-12-16-7-8-17(20)11-18(16)21/h2,4-5,7-8,10-11H,3,6,9,12-13H2,1H3,(H,22,23). The minimum Gasteiger partial charge on any atom is -0.355 e. The molecule has 0 atom stereocenters. The third-order valence-corrected chi connectivity index (χ3v) is 5.12.